The number of fused-ring (bicyclic) bond motifs is 7. The number of nitrogens with zero attached hydrogens (tertiary/aromatic N) is 3. The van der Waals surface area contributed by atoms with Crippen LogP contribution in [0.15, 0.2) is 321 Å². The lowest BCUT2D eigenvalue weighted by Gasteiger charge is -2.47. The van der Waals surface area contributed by atoms with Gasteiger partial charge in [-0.1, -0.05) is 376 Å². The van der Waals surface area contributed by atoms with Gasteiger partial charge in [0.25, 0.3) is 6.71 Å². The molecule has 0 spiro atoms. The molecule has 0 amide bonds. The largest absolute Gasteiger partial charge is 0.310 e. The van der Waals surface area contributed by atoms with E-state index < -0.39 is 24.2 Å². The lowest BCUT2D eigenvalue weighted by atomic mass is 9.33. The molecule has 18 rings (SSSR count). The third-order valence-corrected chi connectivity index (χ3v) is 25.4. The van der Waals surface area contributed by atoms with Gasteiger partial charge in [0, 0.05) is 61.5 Å². The van der Waals surface area contributed by atoms with Gasteiger partial charge in [-0.15, -0.1) is 0 Å². The summed E-state index contributed by atoms with van der Waals surface area (Å²) in [6.07, 6.45) is 0. The Balaban J connectivity index is 1.08. The Morgan fingerprint density at radius 2 is 0.598 bits per heavy atom. The Hall–Kier alpha value is -12.2. The fourth-order valence-electron chi connectivity index (χ4n) is 18.2. The maximum absolute atomic E-state index is 10.5. The highest BCUT2D eigenvalue weighted by molar-refractivity contribution is 7.00. The second-order valence-electron chi connectivity index (χ2n) is 41.4. The first-order valence-electron chi connectivity index (χ1n) is 47.1. The van der Waals surface area contributed by atoms with Crippen molar-refractivity contribution in [2.75, 3.05) is 9.80 Å². The summed E-state index contributed by atoms with van der Waals surface area (Å²) in [4.78, 5) is 5.25. The Morgan fingerprint density at radius 1 is 0.238 bits per heavy atom. The van der Waals surface area contributed by atoms with Crippen LogP contribution in [-0.4, -0.2) is 11.3 Å². The second-order valence-corrected chi connectivity index (χ2v) is 41.4. The summed E-state index contributed by atoms with van der Waals surface area (Å²) in [7, 11) is 0. The molecule has 2 aliphatic heterocycles. The van der Waals surface area contributed by atoms with Crippen LogP contribution in [0.3, 0.4) is 0 Å². The lowest BCUT2D eigenvalue weighted by molar-refractivity contribution is 0.589. The first-order chi connectivity index (χ1) is 60.8. The molecule has 0 bridgehead atoms. The lowest BCUT2D eigenvalue weighted by Crippen LogP contribution is -2.61. The molecule has 0 aliphatic carbocycles. The van der Waals surface area contributed by atoms with E-state index >= 15 is 0 Å². The van der Waals surface area contributed by atoms with E-state index in [1.165, 1.54) is 27.8 Å². The van der Waals surface area contributed by atoms with Crippen LogP contribution in [0.25, 0.3) is 117 Å². The number of hydrogen-bond acceptors (Lipinski definition) is 2. The molecule has 3 heterocycles. The van der Waals surface area contributed by atoms with E-state index in [-0.39, 0.29) is 90.1 Å². The quantitative estimate of drug-likeness (QED) is 0.120. The Morgan fingerprint density at radius 3 is 1.01 bits per heavy atom. The van der Waals surface area contributed by atoms with Crippen molar-refractivity contribution in [2.45, 2.75) is 183 Å². The highest BCUT2D eigenvalue weighted by atomic mass is 15.2. The van der Waals surface area contributed by atoms with Crippen molar-refractivity contribution < 1.29 is 9.60 Å². The van der Waals surface area contributed by atoms with Gasteiger partial charge < -0.3 is 14.4 Å². The molecule has 0 N–H and O–H groups in total. The number of benzene rings is 15. The van der Waals surface area contributed by atoms with Crippen molar-refractivity contribution in [1.29, 1.82) is 0 Å². The first-order valence-corrected chi connectivity index (χ1v) is 43.6. The van der Waals surface area contributed by atoms with Gasteiger partial charge in [-0.3, -0.25) is 0 Å². The van der Waals surface area contributed by atoms with Gasteiger partial charge in [0.1, 0.15) is 0 Å². The zero-order valence-corrected chi connectivity index (χ0v) is 75.0. The summed E-state index contributed by atoms with van der Waals surface area (Å²) in [5.41, 5.74) is 31.3. The van der Waals surface area contributed by atoms with Crippen molar-refractivity contribution >= 4 is 79.0 Å². The Bertz CT molecular complexity index is 7020. The van der Waals surface area contributed by atoms with Crippen LogP contribution in [-0.2, 0) is 37.9 Å². The predicted molar refractivity (Wildman–Crippen MR) is 529 cm³/mol. The summed E-state index contributed by atoms with van der Waals surface area (Å²) in [5.74, 6) is 0. The van der Waals surface area contributed by atoms with Gasteiger partial charge in [0.15, 0.2) is 0 Å². The Labute approximate surface area is 736 Å². The van der Waals surface area contributed by atoms with Crippen LogP contribution in [0.5, 0.6) is 0 Å². The fourth-order valence-corrected chi connectivity index (χ4v) is 18.2. The zero-order chi connectivity index (χ0) is 91.7. The smallest absolute Gasteiger partial charge is 0.252 e. The second kappa shape index (κ2) is 29.8. The molecule has 0 fully saturated rings. The fraction of sp³-hybridized carbons (Fsp3) is 0.237. The maximum Gasteiger partial charge on any atom is 0.252 e. The highest BCUT2D eigenvalue weighted by Crippen LogP contribution is 2.57. The number of para-hydroxylation sites is 1. The molecular formula is C118H116BN3. The third kappa shape index (κ3) is 14.8. The molecule has 2 aliphatic rings. The van der Waals surface area contributed by atoms with Gasteiger partial charge in [-0.2, -0.15) is 0 Å². The topological polar surface area (TPSA) is 11.4 Å². The van der Waals surface area contributed by atoms with E-state index in [1.807, 2.05) is 30.3 Å². The monoisotopic (exact) mass is 1590 g/mol. The van der Waals surface area contributed by atoms with Crippen LogP contribution in [0.4, 0.5) is 34.1 Å². The average molecular weight is 1590 g/mol. The minimum Gasteiger partial charge on any atom is -0.310 e. The van der Waals surface area contributed by atoms with Crippen molar-refractivity contribution in [2.24, 2.45) is 0 Å². The minimum absolute atomic E-state index is 0.0996. The zero-order valence-electron chi connectivity index (χ0n) is 82.0. The normalized spacial score (nSPS) is 14.0. The Kier molecular flexibility index (Phi) is 17.7. The molecule has 15 aromatic carbocycles. The molecule has 0 saturated heterocycles. The summed E-state index contributed by atoms with van der Waals surface area (Å²) >= 11 is 0. The molecule has 4 heteroatoms. The predicted octanol–water partition coefficient (Wildman–Crippen LogP) is 31.3. The van der Waals surface area contributed by atoms with Crippen molar-refractivity contribution in [3.05, 3.63) is 360 Å². The van der Waals surface area contributed by atoms with E-state index in [0.29, 0.717) is 11.3 Å². The standard InChI is InChI=1S/C118H116BN3/c1-112(2,3)87-47-33-43-80(62-87)96-68-91(116(13,14)15)69-97(81-44-34-48-88(63-81)113(4,5)6)110(96)121-105-58-54-79(86-60-84(76-39-27-23-28-40-76)59-85(61-86)77-41-29-24-30-42-77)67-102(105)119-101-56-55-94(120-103-52-32-31-51-95(103)100-66-78(53-57-104(100)120)75-37-25-22-26-38-75)74-106(101)122(108-73-93(118(19,20)21)72-107(121)109(108)119)111-98(82-45-35-49-89(64-82)114(7,8)9)70-92(117(16,17)18)71-99(111)83-46-36-50-90(65-83)115(10,11)12/h22-74H,1-21H3/i31D,32D,51D,52D,53D,57D,66D. The molecular weight excluding hydrogens is 1470 g/mol. The number of aromatic nitrogens is 1. The van der Waals surface area contributed by atoms with Gasteiger partial charge in [-0.25, -0.2) is 0 Å². The van der Waals surface area contributed by atoms with E-state index in [0.717, 1.165) is 140 Å². The molecule has 0 saturated carbocycles. The summed E-state index contributed by atoms with van der Waals surface area (Å²) in [6, 6.07) is 101. The maximum atomic E-state index is 10.5. The van der Waals surface area contributed by atoms with Gasteiger partial charge in [0.2, 0.25) is 0 Å². The van der Waals surface area contributed by atoms with Crippen molar-refractivity contribution in [3.8, 4) is 94.7 Å². The number of hydrogen-bond donors (Lipinski definition) is 0. The molecule has 3 nitrogen and oxygen atoms in total. The summed E-state index contributed by atoms with van der Waals surface area (Å²) in [6.45, 7) is 48.0. The summed E-state index contributed by atoms with van der Waals surface area (Å²) in [5, 5.41) is 0.275. The van der Waals surface area contributed by atoms with Crippen molar-refractivity contribution in [1.82, 2.24) is 4.57 Å². The van der Waals surface area contributed by atoms with Crippen molar-refractivity contribution in [3.63, 3.8) is 0 Å². The van der Waals surface area contributed by atoms with Crippen LogP contribution < -0.4 is 26.2 Å². The van der Waals surface area contributed by atoms with Crippen LogP contribution in [0.2, 0.25) is 0 Å². The van der Waals surface area contributed by atoms with Gasteiger partial charge in [0.05, 0.1) is 32.0 Å². The minimum atomic E-state index is -0.555. The van der Waals surface area contributed by atoms with Gasteiger partial charge in [-0.05, 0) is 251 Å². The molecule has 606 valence electrons. The molecule has 122 heavy (non-hydrogen) atoms. The van der Waals surface area contributed by atoms with Crippen LogP contribution >= 0.6 is 0 Å². The third-order valence-electron chi connectivity index (χ3n) is 25.4. The van der Waals surface area contributed by atoms with E-state index in [9.17, 15) is 9.60 Å². The van der Waals surface area contributed by atoms with E-state index in [1.54, 1.807) is 4.57 Å². The number of rotatable bonds is 11. The van der Waals surface area contributed by atoms with Crippen LogP contribution in [0, 0.1) is 0 Å². The molecule has 0 unspecified atom stereocenters. The first kappa shape index (κ1) is 72.6. The molecule has 0 radical (unpaired) electrons. The van der Waals surface area contributed by atoms with E-state index in [4.69, 9.17) is 0 Å². The van der Waals surface area contributed by atoms with Gasteiger partial charge >= 0.3 is 0 Å². The molecule has 1 aromatic heterocycles. The van der Waals surface area contributed by atoms with Crippen LogP contribution in [0.1, 0.15) is 194 Å². The molecule has 16 aromatic rings. The molecule has 0 atom stereocenters. The number of anilines is 6. The van der Waals surface area contributed by atoms with E-state index in [2.05, 4.69) is 404 Å². The highest BCUT2D eigenvalue weighted by Gasteiger charge is 2.47. The summed E-state index contributed by atoms with van der Waals surface area (Å²) < 4.78 is 72.4. The average Bonchev–Trinajstić information content (AvgIpc) is 1.68. The SMILES string of the molecule is [2H]c1c([2H])c([2H])c2c(c1[2H])c1c([2H])c(-c3ccccc3)c([2H])c([2H])c1n2-c1ccc2c(c1)N(c1c(-c3cccc(C(C)(C)C)c3)cc(C(C)(C)C)cc1-c1cccc(C(C)(C)C)c1)c1cc(C(C)(C)C)cc3c1B2c1cc(-c2cc(-c4ccccc4)cc(-c4ccccc4)c2)ccc1N3c1c(-c2cccc(C(C)(C)C)c2)cc(C(C)(C)C)cc1-c1cccc(C(C)(C)C)c1.